The van der Waals surface area contributed by atoms with Crippen LogP contribution in [0.15, 0.2) is 0 Å². The molecule has 0 aliphatic heterocycles. The minimum atomic E-state index is -4.18. The molecule has 4 aliphatic rings. The summed E-state index contributed by atoms with van der Waals surface area (Å²) >= 11 is 0. The van der Waals surface area contributed by atoms with Crippen molar-refractivity contribution in [3.63, 3.8) is 0 Å². The number of aliphatic hydroxyl groups excluding tert-OH is 1. The minimum absolute atomic E-state index is 0.000591. The van der Waals surface area contributed by atoms with Crippen molar-refractivity contribution in [1.82, 2.24) is 0 Å². The lowest BCUT2D eigenvalue weighted by Crippen LogP contribution is -2.60. The van der Waals surface area contributed by atoms with Gasteiger partial charge in [-0.3, -0.25) is 9.35 Å². The summed E-state index contributed by atoms with van der Waals surface area (Å²) in [5, 5.41) is 18.7. The lowest BCUT2D eigenvalue weighted by molar-refractivity contribution is -0.138. The Labute approximate surface area is 186 Å². The summed E-state index contributed by atoms with van der Waals surface area (Å²) in [5.41, 5.74) is 0.0266. The zero-order valence-corrected chi connectivity index (χ0v) is 20.0. The number of hydrogen-bond donors (Lipinski definition) is 3. The van der Waals surface area contributed by atoms with E-state index in [1.807, 2.05) is 0 Å². The van der Waals surface area contributed by atoms with E-state index in [0.29, 0.717) is 31.1 Å². The van der Waals surface area contributed by atoms with Crippen LogP contribution in [0.1, 0.15) is 85.0 Å². The highest BCUT2D eigenvalue weighted by molar-refractivity contribution is 7.86. The second kappa shape index (κ2) is 7.98. The molecule has 0 bridgehead atoms. The molecule has 10 atom stereocenters. The zero-order chi connectivity index (χ0) is 22.8. The molecule has 0 saturated heterocycles. The van der Waals surface area contributed by atoms with Gasteiger partial charge in [-0.2, -0.15) is 8.42 Å². The minimum Gasteiger partial charge on any atom is -0.481 e. The third-order valence-electron chi connectivity index (χ3n) is 10.6. The highest BCUT2D eigenvalue weighted by Gasteiger charge is 2.64. The zero-order valence-electron chi connectivity index (χ0n) is 19.2. The smallest absolute Gasteiger partial charge is 0.303 e. The molecule has 4 aliphatic carbocycles. The average molecular weight is 457 g/mol. The fourth-order valence-electron chi connectivity index (χ4n) is 9.02. The Morgan fingerprint density at radius 2 is 1.68 bits per heavy atom. The van der Waals surface area contributed by atoms with Crippen molar-refractivity contribution < 1.29 is 28.0 Å². The number of rotatable bonds is 5. The van der Waals surface area contributed by atoms with Crippen LogP contribution >= 0.6 is 0 Å². The van der Waals surface area contributed by atoms with Crippen molar-refractivity contribution in [3.8, 4) is 0 Å². The molecule has 4 saturated carbocycles. The molecule has 6 nitrogen and oxygen atoms in total. The number of fused-ring (bicyclic) bond motifs is 5. The molecule has 0 radical (unpaired) electrons. The molecule has 0 aromatic carbocycles. The summed E-state index contributed by atoms with van der Waals surface area (Å²) in [7, 11) is -4.18. The molecule has 31 heavy (non-hydrogen) atoms. The van der Waals surface area contributed by atoms with Crippen molar-refractivity contribution in [2.75, 3.05) is 0 Å². The molecule has 7 heteroatoms. The van der Waals surface area contributed by atoms with Gasteiger partial charge in [0, 0.05) is 6.42 Å². The van der Waals surface area contributed by atoms with E-state index in [1.165, 1.54) is 0 Å². The molecule has 4 rings (SSSR count). The summed E-state index contributed by atoms with van der Waals surface area (Å²) in [6.07, 6.45) is 7.29. The van der Waals surface area contributed by atoms with Crippen molar-refractivity contribution in [3.05, 3.63) is 0 Å². The van der Waals surface area contributed by atoms with E-state index in [4.69, 9.17) is 5.11 Å². The molecule has 3 N–H and O–H groups in total. The van der Waals surface area contributed by atoms with Crippen LogP contribution in [0.4, 0.5) is 0 Å². The van der Waals surface area contributed by atoms with E-state index in [1.54, 1.807) is 0 Å². The average Bonchev–Trinajstić information content (AvgIpc) is 3.02. The first-order valence-electron chi connectivity index (χ1n) is 12.2. The summed E-state index contributed by atoms with van der Waals surface area (Å²) in [6, 6.07) is 0. The number of aliphatic carboxylic acids is 1. The van der Waals surface area contributed by atoms with Gasteiger partial charge in [0.25, 0.3) is 10.1 Å². The monoisotopic (exact) mass is 456 g/mol. The Balaban J connectivity index is 1.66. The van der Waals surface area contributed by atoms with E-state index < -0.39 is 21.3 Å². The molecule has 0 heterocycles. The Hall–Kier alpha value is -0.660. The lowest BCUT2D eigenvalue weighted by Gasteiger charge is -2.62. The fraction of sp³-hybridized carbons (Fsp3) is 0.958. The SMILES string of the molecule is C[C@H](CCC(=O)O)C1CC[C@H]2C3C(S(=O)(=O)O)CC4C[C@H](O)CCC4(C)[C@H]3CCC12C. The third-order valence-corrected chi connectivity index (χ3v) is 11.9. The molecule has 0 aromatic heterocycles. The largest absolute Gasteiger partial charge is 0.481 e. The van der Waals surface area contributed by atoms with E-state index in [9.17, 15) is 22.9 Å². The topological polar surface area (TPSA) is 112 Å². The van der Waals surface area contributed by atoms with Gasteiger partial charge in [0.1, 0.15) is 0 Å². The molecular formula is C24H40O6S. The molecular weight excluding hydrogens is 416 g/mol. The van der Waals surface area contributed by atoms with Gasteiger partial charge in [0.2, 0.25) is 0 Å². The first-order chi connectivity index (χ1) is 14.4. The van der Waals surface area contributed by atoms with Gasteiger partial charge in [-0.05, 0) is 104 Å². The van der Waals surface area contributed by atoms with Gasteiger partial charge >= 0.3 is 5.97 Å². The fourth-order valence-corrected chi connectivity index (χ4v) is 10.3. The Morgan fingerprint density at radius 3 is 2.32 bits per heavy atom. The van der Waals surface area contributed by atoms with Gasteiger partial charge in [-0.15, -0.1) is 0 Å². The highest BCUT2D eigenvalue weighted by Crippen LogP contribution is 2.69. The molecule has 4 fully saturated rings. The van der Waals surface area contributed by atoms with Crippen LogP contribution in [-0.4, -0.2) is 40.5 Å². The Bertz CT molecular complexity index is 811. The number of aliphatic hydroxyl groups is 1. The van der Waals surface area contributed by atoms with Crippen LogP contribution in [0.2, 0.25) is 0 Å². The van der Waals surface area contributed by atoms with Gasteiger partial charge < -0.3 is 10.2 Å². The standard InChI is InChI=1S/C24H40O6S/c1-14(4-7-21(26)27)17-5-6-18-22-19(9-11-24(17,18)3)23(2)10-8-16(25)12-15(23)13-20(22)31(28,29)30/h14-20,22,25H,4-13H2,1-3H3,(H,26,27)(H,28,29,30)/t14-,15?,16-,17?,18+,19+,20?,22?,23?,24?/m1/s1. The Kier molecular flexibility index (Phi) is 6.05. The predicted molar refractivity (Wildman–Crippen MR) is 118 cm³/mol. The van der Waals surface area contributed by atoms with Crippen LogP contribution in [0.5, 0.6) is 0 Å². The summed E-state index contributed by atoms with van der Waals surface area (Å²) in [4.78, 5) is 11.1. The summed E-state index contributed by atoms with van der Waals surface area (Å²) in [6.45, 7) is 6.78. The third kappa shape index (κ3) is 3.86. The summed E-state index contributed by atoms with van der Waals surface area (Å²) in [5.74, 6) is 0.550. The Morgan fingerprint density at radius 1 is 1.03 bits per heavy atom. The normalized spacial score (nSPS) is 48.4. The van der Waals surface area contributed by atoms with Crippen molar-refractivity contribution in [1.29, 1.82) is 0 Å². The summed E-state index contributed by atoms with van der Waals surface area (Å²) < 4.78 is 35.5. The van der Waals surface area contributed by atoms with Crippen molar-refractivity contribution in [2.24, 2.45) is 46.3 Å². The van der Waals surface area contributed by atoms with Crippen LogP contribution in [0.3, 0.4) is 0 Å². The molecule has 0 amide bonds. The maximum atomic E-state index is 12.6. The molecule has 0 aromatic rings. The van der Waals surface area contributed by atoms with E-state index >= 15 is 0 Å². The van der Waals surface area contributed by atoms with Crippen molar-refractivity contribution >= 4 is 16.1 Å². The number of hydrogen-bond acceptors (Lipinski definition) is 4. The van der Waals surface area contributed by atoms with Gasteiger partial charge in [-0.25, -0.2) is 0 Å². The number of carboxylic acid groups (broad SMARTS) is 1. The number of carbonyl (C=O) groups is 1. The van der Waals surface area contributed by atoms with E-state index in [2.05, 4.69) is 20.8 Å². The molecule has 6 unspecified atom stereocenters. The highest BCUT2D eigenvalue weighted by atomic mass is 32.2. The second-order valence-electron chi connectivity index (χ2n) is 11.8. The lowest BCUT2D eigenvalue weighted by atomic mass is 9.44. The van der Waals surface area contributed by atoms with Crippen LogP contribution in [0.25, 0.3) is 0 Å². The quantitative estimate of drug-likeness (QED) is 0.530. The maximum absolute atomic E-state index is 12.6. The molecule has 178 valence electrons. The maximum Gasteiger partial charge on any atom is 0.303 e. The molecule has 0 spiro atoms. The van der Waals surface area contributed by atoms with Crippen LogP contribution in [-0.2, 0) is 14.9 Å². The van der Waals surface area contributed by atoms with Gasteiger partial charge in [-0.1, -0.05) is 20.8 Å². The first kappa shape index (κ1) is 23.5. The van der Waals surface area contributed by atoms with E-state index in [-0.39, 0.29) is 47.0 Å². The first-order valence-corrected chi connectivity index (χ1v) is 13.7. The van der Waals surface area contributed by atoms with Gasteiger partial charge in [0.15, 0.2) is 0 Å². The van der Waals surface area contributed by atoms with Crippen molar-refractivity contribution in [2.45, 2.75) is 96.3 Å². The second-order valence-corrected chi connectivity index (χ2v) is 13.5. The van der Waals surface area contributed by atoms with Gasteiger partial charge in [0.05, 0.1) is 11.4 Å². The van der Waals surface area contributed by atoms with E-state index in [0.717, 1.165) is 38.5 Å². The predicted octanol–water partition coefficient (Wildman–Crippen LogP) is 4.37. The van der Waals surface area contributed by atoms with Crippen LogP contribution < -0.4 is 0 Å². The number of carboxylic acids is 1. The van der Waals surface area contributed by atoms with Crippen LogP contribution in [0, 0.1) is 46.3 Å².